The molecule has 2 aromatic rings. The molecule has 0 saturated heterocycles. The second-order valence-electron chi connectivity index (χ2n) is 4.06. The zero-order chi connectivity index (χ0) is 12.6. The first-order valence-corrected chi connectivity index (χ1v) is 7.07. The van der Waals surface area contributed by atoms with Crippen molar-refractivity contribution in [3.05, 3.63) is 52.2 Å². The van der Waals surface area contributed by atoms with Crippen LogP contribution < -0.4 is 23.6 Å². The molecule has 0 fully saturated rings. The van der Waals surface area contributed by atoms with Gasteiger partial charge in [-0.1, -0.05) is 31.6 Å². The van der Waals surface area contributed by atoms with Crippen LogP contribution >= 0.6 is 11.3 Å². The van der Waals surface area contributed by atoms with E-state index in [0.29, 0.717) is 0 Å². The van der Waals surface area contributed by atoms with Crippen molar-refractivity contribution in [3.8, 4) is 5.75 Å². The molecule has 0 amide bonds. The van der Waals surface area contributed by atoms with E-state index in [-0.39, 0.29) is 18.9 Å². The van der Waals surface area contributed by atoms with Crippen molar-refractivity contribution in [1.29, 1.82) is 0 Å². The van der Waals surface area contributed by atoms with Crippen LogP contribution in [0.5, 0.6) is 5.75 Å². The van der Waals surface area contributed by atoms with Gasteiger partial charge < -0.3 is 4.74 Å². The first-order chi connectivity index (χ1) is 8.88. The van der Waals surface area contributed by atoms with Gasteiger partial charge in [-0.2, -0.15) is 12.1 Å². The molecule has 0 unspecified atom stereocenters. The van der Waals surface area contributed by atoms with Crippen LogP contribution in [0.15, 0.2) is 36.4 Å². The smallest absolute Gasteiger partial charge is 0.494 e. The molecule has 3 heteroatoms. The fourth-order valence-electron chi connectivity index (χ4n) is 1.53. The summed E-state index contributed by atoms with van der Waals surface area (Å²) in [5.41, 5.74) is 1.19. The average molecular weight is 264 g/mol. The number of ether oxygens (including phenoxy) is 1. The molecule has 0 aliphatic heterocycles. The van der Waals surface area contributed by atoms with Gasteiger partial charge in [0.1, 0.15) is 5.75 Å². The van der Waals surface area contributed by atoms with Gasteiger partial charge in [0, 0.05) is 0 Å². The van der Waals surface area contributed by atoms with Crippen molar-refractivity contribution in [3.63, 3.8) is 0 Å². The largest absolute Gasteiger partial charge is 1.00 e. The molecule has 0 bridgehead atoms. The van der Waals surface area contributed by atoms with Crippen LogP contribution in [-0.2, 0) is 0 Å². The van der Waals surface area contributed by atoms with Crippen molar-refractivity contribution in [2.24, 2.45) is 0 Å². The molecule has 94 valence electrons. The Labute approximate surface area is 131 Å². The van der Waals surface area contributed by atoms with E-state index in [9.17, 15) is 0 Å². The van der Waals surface area contributed by atoms with Crippen LogP contribution in [0, 0.1) is 5.38 Å². The number of rotatable bonds is 6. The van der Waals surface area contributed by atoms with Crippen LogP contribution in [0.2, 0.25) is 0 Å². The topological polar surface area (TPSA) is 9.23 Å². The van der Waals surface area contributed by atoms with Crippen molar-refractivity contribution < 1.29 is 23.6 Å². The van der Waals surface area contributed by atoms with E-state index in [2.05, 4.69) is 42.7 Å². The molecule has 0 aliphatic rings. The van der Waals surface area contributed by atoms with E-state index in [0.717, 1.165) is 18.8 Å². The minimum Gasteiger partial charge on any atom is -0.494 e. The van der Waals surface area contributed by atoms with E-state index < -0.39 is 0 Å². The van der Waals surface area contributed by atoms with E-state index in [1.165, 1.54) is 16.9 Å². The summed E-state index contributed by atoms with van der Waals surface area (Å²) in [6.07, 6.45) is 6.48. The van der Waals surface area contributed by atoms with Crippen LogP contribution in [-0.4, -0.2) is 6.61 Å². The van der Waals surface area contributed by atoms with Gasteiger partial charge in [0.25, 0.3) is 0 Å². The summed E-state index contributed by atoms with van der Waals surface area (Å²) in [5, 5.41) is 3.07. The Morgan fingerprint density at radius 1 is 1.16 bits per heavy atom. The fourth-order valence-corrected chi connectivity index (χ4v) is 2.07. The molecule has 1 heterocycles. The normalized spacial score (nSPS) is 10.4. The van der Waals surface area contributed by atoms with Gasteiger partial charge in [-0.05, 0) is 24.1 Å². The van der Waals surface area contributed by atoms with Gasteiger partial charge in [-0.25, -0.2) is 0 Å². The molecule has 0 aliphatic carbocycles. The first-order valence-electron chi connectivity index (χ1n) is 6.25. The van der Waals surface area contributed by atoms with Gasteiger partial charge in [0.05, 0.1) is 6.61 Å². The van der Waals surface area contributed by atoms with Crippen molar-refractivity contribution in [2.45, 2.75) is 19.8 Å². The molecule has 19 heavy (non-hydrogen) atoms. The number of thiophene rings is 1. The first kappa shape index (κ1) is 16.1. The second-order valence-corrected chi connectivity index (χ2v) is 4.97. The molecule has 1 nitrogen and oxygen atoms in total. The zero-order valence-electron chi connectivity index (χ0n) is 11.6. The van der Waals surface area contributed by atoms with Crippen molar-refractivity contribution >= 4 is 23.5 Å². The minimum atomic E-state index is 0. The number of unbranched alkanes of at least 4 members (excludes halogenated alkanes) is 1. The Kier molecular flexibility index (Phi) is 7.67. The SMILES string of the molecule is CCCCOc1ccc(/C=C/c2cc[c-]s2)cc1.[Li+]. The number of benzene rings is 1. The van der Waals surface area contributed by atoms with Crippen LogP contribution in [0.3, 0.4) is 0 Å². The molecule has 2 rings (SSSR count). The van der Waals surface area contributed by atoms with Gasteiger partial charge in [0.15, 0.2) is 0 Å². The van der Waals surface area contributed by atoms with Crippen LogP contribution in [0.1, 0.15) is 30.2 Å². The predicted molar refractivity (Wildman–Crippen MR) is 78.9 cm³/mol. The summed E-state index contributed by atoms with van der Waals surface area (Å²) in [6, 6.07) is 12.2. The Hall–Kier alpha value is -0.943. The molecular formula is C16H17LiOS. The molecule has 1 aromatic heterocycles. The van der Waals surface area contributed by atoms with Crippen molar-refractivity contribution in [1.82, 2.24) is 0 Å². The third-order valence-electron chi connectivity index (χ3n) is 2.58. The maximum Gasteiger partial charge on any atom is 1.00 e. The molecular weight excluding hydrogens is 247 g/mol. The Morgan fingerprint density at radius 2 is 1.95 bits per heavy atom. The van der Waals surface area contributed by atoms with E-state index in [1.54, 1.807) is 11.3 Å². The summed E-state index contributed by atoms with van der Waals surface area (Å²) in [4.78, 5) is 1.22. The summed E-state index contributed by atoms with van der Waals surface area (Å²) >= 11 is 1.62. The summed E-state index contributed by atoms with van der Waals surface area (Å²) in [6.45, 7) is 2.97. The van der Waals surface area contributed by atoms with E-state index in [4.69, 9.17) is 4.74 Å². The molecule has 1 aromatic carbocycles. The standard InChI is InChI=1S/C16H17OS.Li/c1-2-3-12-17-15-9-6-14(7-10-15)8-11-16-5-4-13-18-16;/h4-11H,2-3,12H2,1H3;/q-1;+1/b11-8+;. The summed E-state index contributed by atoms with van der Waals surface area (Å²) < 4.78 is 5.62. The maximum atomic E-state index is 5.62. The minimum absolute atomic E-state index is 0. The quantitative estimate of drug-likeness (QED) is 0.440. The monoisotopic (exact) mass is 264 g/mol. The van der Waals surface area contributed by atoms with Crippen molar-refractivity contribution in [2.75, 3.05) is 6.61 Å². The molecule has 0 radical (unpaired) electrons. The number of hydrogen-bond donors (Lipinski definition) is 0. The summed E-state index contributed by atoms with van der Waals surface area (Å²) in [5.74, 6) is 0.949. The molecule has 0 atom stereocenters. The third kappa shape index (κ3) is 5.70. The molecule has 0 spiro atoms. The van der Waals surface area contributed by atoms with E-state index >= 15 is 0 Å². The maximum absolute atomic E-state index is 5.62. The predicted octanol–water partition coefficient (Wildman–Crippen LogP) is 1.90. The summed E-state index contributed by atoms with van der Waals surface area (Å²) in [7, 11) is 0. The van der Waals surface area contributed by atoms with Gasteiger partial charge in [-0.3, -0.25) is 11.3 Å². The van der Waals surface area contributed by atoms with Gasteiger partial charge >= 0.3 is 18.9 Å². The van der Waals surface area contributed by atoms with E-state index in [1.807, 2.05) is 18.2 Å². The molecule has 0 saturated carbocycles. The van der Waals surface area contributed by atoms with Crippen LogP contribution in [0.25, 0.3) is 12.2 Å². The van der Waals surface area contributed by atoms with Crippen LogP contribution in [0.4, 0.5) is 0 Å². The molecule has 0 N–H and O–H groups in total. The zero-order valence-corrected chi connectivity index (χ0v) is 12.4. The average Bonchev–Trinajstić information content (AvgIpc) is 2.91. The van der Waals surface area contributed by atoms with Gasteiger partial charge in [0.2, 0.25) is 0 Å². The van der Waals surface area contributed by atoms with Gasteiger partial charge in [-0.15, -0.1) is 16.3 Å². The third-order valence-corrected chi connectivity index (χ3v) is 3.34. The fraction of sp³-hybridized carbons (Fsp3) is 0.250. The number of hydrogen-bond acceptors (Lipinski definition) is 2. The Morgan fingerprint density at radius 3 is 2.58 bits per heavy atom. The Balaban J connectivity index is 0.00000180. The second kappa shape index (κ2) is 9.04. The Bertz CT molecular complexity index is 474.